The lowest BCUT2D eigenvalue weighted by Gasteiger charge is -2.37. The molecule has 9 heteroatoms. The van der Waals surface area contributed by atoms with E-state index in [-0.39, 0.29) is 33.9 Å². The van der Waals surface area contributed by atoms with E-state index in [1.807, 2.05) is 0 Å². The molecule has 4 N–H and O–H groups in total. The van der Waals surface area contributed by atoms with E-state index in [0.717, 1.165) is 0 Å². The van der Waals surface area contributed by atoms with Crippen LogP contribution in [0.3, 0.4) is 0 Å². The van der Waals surface area contributed by atoms with Crippen molar-refractivity contribution in [1.82, 2.24) is 10.6 Å². The van der Waals surface area contributed by atoms with Crippen LogP contribution in [0, 0.1) is 11.2 Å². The Labute approximate surface area is 226 Å². The predicted molar refractivity (Wildman–Crippen MR) is 142 cm³/mol. The molecule has 0 unspecified atom stereocenters. The summed E-state index contributed by atoms with van der Waals surface area (Å²) in [6.07, 6.45) is 1.83. The zero-order valence-corrected chi connectivity index (χ0v) is 22.6. The highest BCUT2D eigenvalue weighted by molar-refractivity contribution is 6.31. The fraction of sp³-hybridized carbons (Fsp3) is 0.500. The van der Waals surface area contributed by atoms with Crippen LogP contribution in [0.1, 0.15) is 63.5 Å². The van der Waals surface area contributed by atoms with Crippen LogP contribution in [-0.2, 0) is 15.0 Å². The van der Waals surface area contributed by atoms with Crippen molar-refractivity contribution in [3.05, 3.63) is 63.4 Å². The second-order valence-corrected chi connectivity index (χ2v) is 12.6. The molecule has 0 radical (unpaired) electrons. The number of carbonyl (C=O) groups is 2. The lowest BCUT2D eigenvalue weighted by molar-refractivity contribution is -0.124. The van der Waals surface area contributed by atoms with Gasteiger partial charge in [-0.05, 0) is 60.4 Å². The quantitative estimate of drug-likeness (QED) is 0.437. The average Bonchev–Trinajstić information content (AvgIpc) is 3.44. The van der Waals surface area contributed by atoms with Gasteiger partial charge in [0.15, 0.2) is 0 Å². The van der Waals surface area contributed by atoms with Gasteiger partial charge in [-0.15, -0.1) is 0 Å². The molecule has 2 aliphatic heterocycles. The zero-order valence-electron chi connectivity index (χ0n) is 21.1. The number of aliphatic hydroxyl groups excluding tert-OH is 1. The molecule has 2 heterocycles. The highest BCUT2D eigenvalue weighted by atomic mass is 35.5. The summed E-state index contributed by atoms with van der Waals surface area (Å²) in [6, 6.07) is 8.34. The lowest BCUT2D eigenvalue weighted by Crippen LogP contribution is -2.49. The summed E-state index contributed by atoms with van der Waals surface area (Å²) >= 11 is 12.5. The summed E-state index contributed by atoms with van der Waals surface area (Å²) in [5, 5.41) is 19.9. The Balaban J connectivity index is 1.70. The molecule has 37 heavy (non-hydrogen) atoms. The maximum Gasteiger partial charge on any atom is 0.238 e. The Kier molecular flexibility index (Phi) is 6.80. The van der Waals surface area contributed by atoms with Gasteiger partial charge < -0.3 is 21.1 Å². The molecule has 198 valence electrons. The average molecular weight is 548 g/mol. The Bertz CT molecular complexity index is 1250. The number of carbonyl (C=O) groups excluding carboxylic acids is 2. The van der Waals surface area contributed by atoms with Crippen LogP contribution >= 0.6 is 23.2 Å². The van der Waals surface area contributed by atoms with Gasteiger partial charge in [0.2, 0.25) is 11.8 Å². The minimum Gasteiger partial charge on any atom is -0.393 e. The van der Waals surface area contributed by atoms with Crippen LogP contribution in [0.5, 0.6) is 0 Å². The first kappa shape index (κ1) is 26.4. The molecule has 5 rings (SSSR count). The molecule has 2 fully saturated rings. The first-order valence-electron chi connectivity index (χ1n) is 12.7. The van der Waals surface area contributed by atoms with Crippen LogP contribution in [0.25, 0.3) is 0 Å². The highest BCUT2D eigenvalue weighted by Crippen LogP contribution is 2.57. The van der Waals surface area contributed by atoms with Gasteiger partial charge in [-0.2, -0.15) is 0 Å². The topological polar surface area (TPSA) is 90.5 Å². The van der Waals surface area contributed by atoms with Gasteiger partial charge in [0.05, 0.1) is 17.2 Å². The summed E-state index contributed by atoms with van der Waals surface area (Å²) in [7, 11) is 0. The summed E-state index contributed by atoms with van der Waals surface area (Å²) in [4.78, 5) is 27.9. The van der Waals surface area contributed by atoms with E-state index in [1.54, 1.807) is 30.3 Å². The van der Waals surface area contributed by atoms with Gasteiger partial charge >= 0.3 is 0 Å². The van der Waals surface area contributed by atoms with E-state index < -0.39 is 35.3 Å². The summed E-state index contributed by atoms with van der Waals surface area (Å²) in [5.41, 5.74) is -0.0415. The monoisotopic (exact) mass is 547 g/mol. The Morgan fingerprint density at radius 2 is 1.97 bits per heavy atom. The summed E-state index contributed by atoms with van der Waals surface area (Å²) < 4.78 is 15.7. The van der Waals surface area contributed by atoms with Gasteiger partial charge in [-0.3, -0.25) is 9.59 Å². The minimum absolute atomic E-state index is 0.0697. The molecular weight excluding hydrogens is 516 g/mol. The fourth-order valence-electron chi connectivity index (χ4n) is 6.53. The molecule has 1 spiro atoms. The maximum atomic E-state index is 15.7. The lowest BCUT2D eigenvalue weighted by atomic mass is 9.62. The van der Waals surface area contributed by atoms with Crippen molar-refractivity contribution in [2.75, 3.05) is 5.32 Å². The van der Waals surface area contributed by atoms with Crippen LogP contribution < -0.4 is 16.0 Å². The standard InChI is InChI=1S/C28H32Cl2FN3O3/c1-27(2,3)13-21-28(18-10-7-14(29)11-20(18)33-26(28)37)22(17-5-4-6-19(30)23(17)31)24(34-21)25(36)32-15-8-9-16(35)12-15/h4-7,10-11,15-16,21-22,24,34-35H,8-9,12-13H2,1-3H3,(H,32,36)(H,33,37)/t15-,16-,21+,22-,24+,28-/m0/s1. The van der Waals surface area contributed by atoms with E-state index in [2.05, 4.69) is 36.7 Å². The van der Waals surface area contributed by atoms with E-state index in [1.165, 1.54) is 6.07 Å². The molecular formula is C28H32Cl2FN3O3. The molecule has 0 bridgehead atoms. The Hall–Kier alpha value is -2.19. The number of halogens is 3. The van der Waals surface area contributed by atoms with E-state index in [4.69, 9.17) is 23.2 Å². The van der Waals surface area contributed by atoms with Crippen LogP contribution in [0.15, 0.2) is 36.4 Å². The SMILES string of the molecule is CC(C)(C)C[C@H]1N[C@@H](C(=O)N[C@H]2CC[C@H](O)C2)[C@H](c2cccc(Cl)c2F)[C@@]12C(=O)Nc1cc(Cl)ccc12. The van der Waals surface area contributed by atoms with Crippen molar-refractivity contribution in [3.8, 4) is 0 Å². The molecule has 1 saturated heterocycles. The van der Waals surface area contributed by atoms with E-state index >= 15 is 4.39 Å². The second kappa shape index (κ2) is 9.53. The predicted octanol–water partition coefficient (Wildman–Crippen LogP) is 4.91. The van der Waals surface area contributed by atoms with E-state index in [0.29, 0.717) is 42.0 Å². The molecule has 1 saturated carbocycles. The molecule has 0 aromatic heterocycles. The van der Waals surface area contributed by atoms with Crippen molar-refractivity contribution in [1.29, 1.82) is 0 Å². The third-order valence-electron chi connectivity index (χ3n) is 7.97. The van der Waals surface area contributed by atoms with Crippen molar-refractivity contribution < 1.29 is 19.1 Å². The zero-order chi connectivity index (χ0) is 26.7. The van der Waals surface area contributed by atoms with E-state index in [9.17, 15) is 14.7 Å². The highest BCUT2D eigenvalue weighted by Gasteiger charge is 2.66. The normalized spacial score (nSPS) is 31.0. The van der Waals surface area contributed by atoms with Crippen molar-refractivity contribution >= 4 is 40.7 Å². The molecule has 2 aromatic carbocycles. The van der Waals surface area contributed by atoms with Crippen molar-refractivity contribution in [3.63, 3.8) is 0 Å². The number of benzene rings is 2. The molecule has 2 aromatic rings. The third kappa shape index (κ3) is 4.54. The number of hydrogen-bond acceptors (Lipinski definition) is 4. The Morgan fingerprint density at radius 3 is 2.65 bits per heavy atom. The molecule has 6 atom stereocenters. The smallest absolute Gasteiger partial charge is 0.238 e. The number of anilines is 1. The Morgan fingerprint density at radius 1 is 1.22 bits per heavy atom. The number of amides is 2. The summed E-state index contributed by atoms with van der Waals surface area (Å²) in [6.45, 7) is 6.21. The third-order valence-corrected chi connectivity index (χ3v) is 8.50. The number of fused-ring (bicyclic) bond motifs is 2. The van der Waals surface area contributed by atoms with Gasteiger partial charge in [-0.25, -0.2) is 4.39 Å². The first-order chi connectivity index (χ1) is 17.4. The van der Waals surface area contributed by atoms with Gasteiger partial charge in [0.25, 0.3) is 0 Å². The van der Waals surface area contributed by atoms with Crippen LogP contribution in [0.4, 0.5) is 10.1 Å². The second-order valence-electron chi connectivity index (χ2n) is 11.8. The van der Waals surface area contributed by atoms with Crippen molar-refractivity contribution in [2.24, 2.45) is 5.41 Å². The van der Waals surface area contributed by atoms with Crippen LogP contribution in [-0.4, -0.2) is 41.2 Å². The van der Waals surface area contributed by atoms with Gasteiger partial charge in [0, 0.05) is 28.7 Å². The number of aliphatic hydroxyl groups is 1. The number of hydrogen-bond donors (Lipinski definition) is 4. The van der Waals surface area contributed by atoms with Crippen LogP contribution in [0.2, 0.25) is 10.0 Å². The maximum absolute atomic E-state index is 15.7. The first-order valence-corrected chi connectivity index (χ1v) is 13.5. The van der Waals surface area contributed by atoms with Crippen molar-refractivity contribution in [2.45, 2.75) is 82.0 Å². The number of rotatable bonds is 4. The van der Waals surface area contributed by atoms with Gasteiger partial charge in [-0.1, -0.05) is 62.2 Å². The van der Waals surface area contributed by atoms with Gasteiger partial charge in [0.1, 0.15) is 11.2 Å². The fourth-order valence-corrected chi connectivity index (χ4v) is 6.89. The molecule has 1 aliphatic carbocycles. The number of nitrogens with one attached hydrogen (secondary N) is 3. The minimum atomic E-state index is -1.28. The molecule has 6 nitrogen and oxygen atoms in total. The summed E-state index contributed by atoms with van der Waals surface area (Å²) in [5.74, 6) is -2.15. The largest absolute Gasteiger partial charge is 0.393 e. The molecule has 3 aliphatic rings. The molecule has 2 amide bonds.